The van der Waals surface area contributed by atoms with Crippen molar-refractivity contribution in [1.29, 1.82) is 0 Å². The van der Waals surface area contributed by atoms with Crippen LogP contribution >= 0.6 is 0 Å². The first-order valence-electron chi connectivity index (χ1n) is 10.4. The molecule has 3 heterocycles. The summed E-state index contributed by atoms with van der Waals surface area (Å²) in [5.74, 6) is 2.57. The molecule has 0 saturated carbocycles. The summed E-state index contributed by atoms with van der Waals surface area (Å²) in [4.78, 5) is 7.35. The van der Waals surface area contributed by atoms with E-state index in [9.17, 15) is 0 Å². The van der Waals surface area contributed by atoms with Gasteiger partial charge in [0.05, 0.1) is 6.61 Å². The largest absolute Gasteiger partial charge is 0.381 e. The van der Waals surface area contributed by atoms with Gasteiger partial charge in [-0.1, -0.05) is 31.2 Å². The van der Waals surface area contributed by atoms with E-state index in [2.05, 4.69) is 56.2 Å². The van der Waals surface area contributed by atoms with Crippen molar-refractivity contribution in [3.05, 3.63) is 47.5 Å². The maximum absolute atomic E-state index is 5.52. The zero-order valence-electron chi connectivity index (χ0n) is 16.7. The molecule has 28 heavy (non-hydrogen) atoms. The molecule has 0 amide bonds. The van der Waals surface area contributed by atoms with E-state index in [0.717, 1.165) is 77.0 Å². The first-order chi connectivity index (χ1) is 13.8. The standard InChI is InChI=1S/C21H30N6O/c1-2-20-25-24-16-27(20)11-9-22-21(23-13-17-8-12-28-15-17)26-10-7-18-5-3-4-6-19(18)14-26/h3-6,16-17H,2,7-15H2,1H3,(H,22,23). The van der Waals surface area contributed by atoms with Crippen LogP contribution in [-0.2, 0) is 30.7 Å². The zero-order valence-corrected chi connectivity index (χ0v) is 16.7. The zero-order chi connectivity index (χ0) is 19.2. The Hall–Kier alpha value is -2.41. The van der Waals surface area contributed by atoms with Crippen molar-refractivity contribution >= 4 is 5.96 Å². The monoisotopic (exact) mass is 382 g/mol. The van der Waals surface area contributed by atoms with Gasteiger partial charge in [0.1, 0.15) is 12.2 Å². The van der Waals surface area contributed by atoms with Gasteiger partial charge in [-0.3, -0.25) is 4.99 Å². The van der Waals surface area contributed by atoms with Gasteiger partial charge in [-0.25, -0.2) is 0 Å². The second-order valence-corrected chi connectivity index (χ2v) is 7.56. The van der Waals surface area contributed by atoms with E-state index in [1.54, 1.807) is 0 Å². The van der Waals surface area contributed by atoms with Gasteiger partial charge in [-0.15, -0.1) is 10.2 Å². The van der Waals surface area contributed by atoms with Gasteiger partial charge < -0.3 is 19.5 Å². The molecule has 1 saturated heterocycles. The second kappa shape index (κ2) is 9.19. The Labute approximate surface area is 166 Å². The summed E-state index contributed by atoms with van der Waals surface area (Å²) in [5.41, 5.74) is 2.86. The first-order valence-corrected chi connectivity index (χ1v) is 10.4. The number of nitrogens with one attached hydrogen (secondary N) is 1. The highest BCUT2D eigenvalue weighted by molar-refractivity contribution is 5.80. The molecule has 4 rings (SSSR count). The molecule has 2 aliphatic rings. The summed E-state index contributed by atoms with van der Waals surface area (Å²) >= 11 is 0. The first kappa shape index (κ1) is 18.9. The van der Waals surface area contributed by atoms with Crippen molar-refractivity contribution in [3.8, 4) is 0 Å². The average molecular weight is 383 g/mol. The lowest BCUT2D eigenvalue weighted by molar-refractivity contribution is 0.187. The van der Waals surface area contributed by atoms with Crippen molar-refractivity contribution in [2.24, 2.45) is 10.9 Å². The van der Waals surface area contributed by atoms with Crippen LogP contribution in [0.5, 0.6) is 0 Å². The molecule has 0 radical (unpaired) electrons. The van der Waals surface area contributed by atoms with E-state index in [0.29, 0.717) is 5.92 Å². The summed E-state index contributed by atoms with van der Waals surface area (Å²) < 4.78 is 7.63. The minimum absolute atomic E-state index is 0.540. The van der Waals surface area contributed by atoms with Crippen LogP contribution in [0.15, 0.2) is 35.6 Å². The van der Waals surface area contributed by atoms with Crippen LogP contribution in [0.4, 0.5) is 0 Å². The molecule has 1 N–H and O–H groups in total. The Kier molecular flexibility index (Phi) is 6.21. The second-order valence-electron chi connectivity index (χ2n) is 7.56. The highest BCUT2D eigenvalue weighted by Gasteiger charge is 2.20. The fraction of sp³-hybridized carbons (Fsp3) is 0.571. The van der Waals surface area contributed by atoms with Crippen molar-refractivity contribution in [2.75, 3.05) is 32.8 Å². The van der Waals surface area contributed by atoms with Gasteiger partial charge in [0.2, 0.25) is 0 Å². The number of hydrogen-bond donors (Lipinski definition) is 1. The molecule has 1 aromatic carbocycles. The van der Waals surface area contributed by atoms with E-state index >= 15 is 0 Å². The fourth-order valence-corrected chi connectivity index (χ4v) is 3.91. The Morgan fingerprint density at radius 2 is 2.21 bits per heavy atom. The van der Waals surface area contributed by atoms with Crippen LogP contribution in [0.1, 0.15) is 30.3 Å². The summed E-state index contributed by atoms with van der Waals surface area (Å²) in [5, 5.41) is 11.8. The van der Waals surface area contributed by atoms with Crippen LogP contribution in [0.3, 0.4) is 0 Å². The predicted molar refractivity (Wildman–Crippen MR) is 109 cm³/mol. The summed E-state index contributed by atoms with van der Waals surface area (Å²) in [6, 6.07) is 8.73. The van der Waals surface area contributed by atoms with Gasteiger partial charge in [0.15, 0.2) is 5.96 Å². The predicted octanol–water partition coefficient (Wildman–Crippen LogP) is 1.88. The maximum atomic E-state index is 5.52. The van der Waals surface area contributed by atoms with Crippen LogP contribution in [0, 0.1) is 5.92 Å². The molecule has 1 fully saturated rings. The Morgan fingerprint density at radius 1 is 1.32 bits per heavy atom. The quantitative estimate of drug-likeness (QED) is 0.610. The molecule has 7 heteroatoms. The van der Waals surface area contributed by atoms with E-state index < -0.39 is 0 Å². The molecule has 2 aromatic rings. The van der Waals surface area contributed by atoms with Crippen molar-refractivity contribution in [1.82, 2.24) is 25.0 Å². The molecule has 150 valence electrons. The SMILES string of the molecule is CCc1nncn1CCNC(=NCC1CCOC1)N1CCc2ccccc2C1. The highest BCUT2D eigenvalue weighted by atomic mass is 16.5. The smallest absolute Gasteiger partial charge is 0.194 e. The van der Waals surface area contributed by atoms with E-state index in [1.165, 1.54) is 11.1 Å². The minimum atomic E-state index is 0.540. The highest BCUT2D eigenvalue weighted by Crippen LogP contribution is 2.19. The molecule has 0 spiro atoms. The van der Waals surface area contributed by atoms with Crippen molar-refractivity contribution in [2.45, 2.75) is 39.3 Å². The van der Waals surface area contributed by atoms with Crippen LogP contribution in [-0.4, -0.2) is 58.5 Å². The number of aryl methyl sites for hydroxylation is 1. The third kappa shape index (κ3) is 4.52. The number of aliphatic imine (C=N–C) groups is 1. The van der Waals surface area contributed by atoms with E-state index in [-0.39, 0.29) is 0 Å². The third-order valence-electron chi connectivity index (χ3n) is 5.60. The molecule has 0 aliphatic carbocycles. The molecule has 1 aromatic heterocycles. The molecule has 7 nitrogen and oxygen atoms in total. The van der Waals surface area contributed by atoms with Crippen LogP contribution in [0.2, 0.25) is 0 Å². The van der Waals surface area contributed by atoms with Crippen LogP contribution in [0.25, 0.3) is 0 Å². The molecular weight excluding hydrogens is 352 g/mol. The van der Waals surface area contributed by atoms with Gasteiger partial charge >= 0.3 is 0 Å². The average Bonchev–Trinajstić information content (AvgIpc) is 3.42. The number of ether oxygens (including phenoxy) is 1. The summed E-state index contributed by atoms with van der Waals surface area (Å²) in [7, 11) is 0. The number of guanidine groups is 1. The molecule has 1 atom stereocenters. The molecular formula is C21H30N6O. The molecule has 2 aliphatic heterocycles. The summed E-state index contributed by atoms with van der Waals surface area (Å²) in [6.07, 6.45) is 4.88. The van der Waals surface area contributed by atoms with E-state index in [1.807, 2.05) is 6.33 Å². The van der Waals surface area contributed by atoms with Gasteiger partial charge in [0.25, 0.3) is 0 Å². The van der Waals surface area contributed by atoms with Crippen LogP contribution < -0.4 is 5.32 Å². The van der Waals surface area contributed by atoms with Crippen molar-refractivity contribution in [3.63, 3.8) is 0 Å². The Morgan fingerprint density at radius 3 is 3.04 bits per heavy atom. The minimum Gasteiger partial charge on any atom is -0.381 e. The topological polar surface area (TPSA) is 67.6 Å². The number of rotatable bonds is 6. The Balaban J connectivity index is 1.42. The molecule has 1 unspecified atom stereocenters. The number of aromatic nitrogens is 3. The third-order valence-corrected chi connectivity index (χ3v) is 5.60. The summed E-state index contributed by atoms with van der Waals surface area (Å²) in [6.45, 7) is 8.19. The fourth-order valence-electron chi connectivity index (χ4n) is 3.91. The van der Waals surface area contributed by atoms with Crippen molar-refractivity contribution < 1.29 is 4.74 Å². The van der Waals surface area contributed by atoms with Gasteiger partial charge in [-0.2, -0.15) is 0 Å². The van der Waals surface area contributed by atoms with E-state index in [4.69, 9.17) is 9.73 Å². The number of nitrogens with zero attached hydrogens (tertiary/aromatic N) is 5. The maximum Gasteiger partial charge on any atom is 0.194 e. The number of fused-ring (bicyclic) bond motifs is 1. The Bertz CT molecular complexity index is 796. The normalized spacial score (nSPS) is 19.7. The molecule has 0 bridgehead atoms. The van der Waals surface area contributed by atoms with Gasteiger partial charge in [-0.05, 0) is 24.0 Å². The lowest BCUT2D eigenvalue weighted by atomic mass is 10.0. The van der Waals surface area contributed by atoms with Gasteiger partial charge in [0, 0.05) is 51.7 Å². The number of benzene rings is 1. The lowest BCUT2D eigenvalue weighted by Crippen LogP contribution is -2.45. The number of hydrogen-bond acceptors (Lipinski definition) is 4. The lowest BCUT2D eigenvalue weighted by Gasteiger charge is -2.32.